The fourth-order valence-corrected chi connectivity index (χ4v) is 5.79. The van der Waals surface area contributed by atoms with Crippen LogP contribution in [-0.2, 0) is 30.0 Å². The van der Waals surface area contributed by atoms with Crippen molar-refractivity contribution in [3.63, 3.8) is 0 Å². The standard InChI is InChI=1S/C26H29ClN3O9P/c1-17(23(33)36-15-18-9-5-3-6-10-18)29-40(35,39-19-11-7-4-8-12-19)37-16-20-22(32)26(2,27)24(38-20)30-14-13-21(31)28-25(30)34/h3-14,17,20,22,24,32H,15-16H2,1-2H3,(H,29,35)(H,28,31,34)/t17-,20-,22-,24-,26-,40+/m1/s1. The highest BCUT2D eigenvalue weighted by atomic mass is 35.5. The third-order valence-electron chi connectivity index (χ3n) is 6.13. The van der Waals surface area contributed by atoms with Crippen molar-refractivity contribution in [1.82, 2.24) is 14.6 Å². The molecule has 6 atom stereocenters. The summed E-state index contributed by atoms with van der Waals surface area (Å²) in [5.41, 5.74) is -0.631. The molecular weight excluding hydrogens is 565 g/mol. The average Bonchev–Trinajstić information content (AvgIpc) is 3.15. The number of aromatic nitrogens is 2. The number of aromatic amines is 1. The van der Waals surface area contributed by atoms with Crippen molar-refractivity contribution in [2.24, 2.45) is 0 Å². The van der Waals surface area contributed by atoms with Crippen LogP contribution in [0.1, 0.15) is 25.6 Å². The van der Waals surface area contributed by atoms with E-state index in [-0.39, 0.29) is 12.4 Å². The molecule has 0 saturated carbocycles. The molecule has 3 aromatic rings. The van der Waals surface area contributed by atoms with Crippen LogP contribution in [0.15, 0.2) is 82.5 Å². The van der Waals surface area contributed by atoms with E-state index in [2.05, 4.69) is 10.1 Å². The lowest BCUT2D eigenvalue weighted by atomic mass is 10.0. The van der Waals surface area contributed by atoms with E-state index in [0.717, 1.165) is 16.2 Å². The number of esters is 1. The van der Waals surface area contributed by atoms with Gasteiger partial charge < -0.3 is 19.1 Å². The summed E-state index contributed by atoms with van der Waals surface area (Å²) in [4.78, 5) is 37.0. The molecule has 0 aliphatic carbocycles. The quantitative estimate of drug-likeness (QED) is 0.171. The summed E-state index contributed by atoms with van der Waals surface area (Å²) in [6.45, 7) is 2.40. The molecule has 1 aromatic heterocycles. The Morgan fingerprint density at radius 3 is 2.48 bits per heavy atom. The zero-order chi connectivity index (χ0) is 28.9. The van der Waals surface area contributed by atoms with Crippen molar-refractivity contribution >= 4 is 25.3 Å². The van der Waals surface area contributed by atoms with Gasteiger partial charge in [-0.2, -0.15) is 5.09 Å². The van der Waals surface area contributed by atoms with Crippen LogP contribution in [0.2, 0.25) is 0 Å². The minimum Gasteiger partial charge on any atom is -0.460 e. The van der Waals surface area contributed by atoms with E-state index in [1.54, 1.807) is 42.5 Å². The summed E-state index contributed by atoms with van der Waals surface area (Å²) in [6, 6.07) is 17.2. The molecule has 4 rings (SSSR count). The Morgan fingerprint density at radius 2 is 1.82 bits per heavy atom. The van der Waals surface area contributed by atoms with Crippen LogP contribution in [0.25, 0.3) is 0 Å². The van der Waals surface area contributed by atoms with Crippen molar-refractivity contribution in [2.45, 2.75) is 49.8 Å². The second kappa shape index (κ2) is 12.5. The van der Waals surface area contributed by atoms with E-state index in [1.807, 2.05) is 18.2 Å². The predicted molar refractivity (Wildman–Crippen MR) is 145 cm³/mol. The van der Waals surface area contributed by atoms with Crippen molar-refractivity contribution in [3.8, 4) is 5.75 Å². The molecular formula is C26H29ClN3O9P. The first-order chi connectivity index (χ1) is 19.0. The van der Waals surface area contributed by atoms with E-state index in [1.165, 1.54) is 20.0 Å². The number of aliphatic hydroxyl groups is 1. The van der Waals surface area contributed by atoms with Crippen molar-refractivity contribution < 1.29 is 33.0 Å². The van der Waals surface area contributed by atoms with E-state index in [9.17, 15) is 24.1 Å². The summed E-state index contributed by atoms with van der Waals surface area (Å²) in [6.07, 6.45) is -2.56. The molecule has 214 valence electrons. The lowest BCUT2D eigenvalue weighted by Crippen LogP contribution is -2.43. The number of benzene rings is 2. The lowest BCUT2D eigenvalue weighted by molar-refractivity contribution is -0.146. The van der Waals surface area contributed by atoms with Gasteiger partial charge in [-0.25, -0.2) is 9.36 Å². The maximum absolute atomic E-state index is 13.8. The van der Waals surface area contributed by atoms with Gasteiger partial charge in [0.15, 0.2) is 6.23 Å². The number of nitrogens with one attached hydrogen (secondary N) is 2. The van der Waals surface area contributed by atoms with Crippen LogP contribution >= 0.6 is 19.3 Å². The molecule has 1 saturated heterocycles. The number of carbonyl (C=O) groups is 1. The fourth-order valence-electron chi connectivity index (χ4n) is 3.99. The van der Waals surface area contributed by atoms with Gasteiger partial charge in [0.05, 0.1) is 6.61 Å². The number of alkyl halides is 1. The molecule has 1 aliphatic rings. The Hall–Kier alpha value is -3.25. The van der Waals surface area contributed by atoms with Crippen molar-refractivity contribution in [3.05, 3.63) is 99.3 Å². The van der Waals surface area contributed by atoms with Crippen molar-refractivity contribution in [2.75, 3.05) is 6.61 Å². The van der Waals surface area contributed by atoms with E-state index >= 15 is 0 Å². The zero-order valence-electron chi connectivity index (χ0n) is 21.6. The molecule has 1 aliphatic heterocycles. The molecule has 12 nitrogen and oxygen atoms in total. The number of ether oxygens (including phenoxy) is 2. The highest BCUT2D eigenvalue weighted by molar-refractivity contribution is 7.52. The van der Waals surface area contributed by atoms with E-state index < -0.39 is 60.9 Å². The van der Waals surface area contributed by atoms with E-state index in [4.69, 9.17) is 30.1 Å². The molecule has 3 N–H and O–H groups in total. The average molecular weight is 594 g/mol. The minimum absolute atomic E-state index is 0.0122. The minimum atomic E-state index is -4.28. The van der Waals surface area contributed by atoms with Crippen LogP contribution in [0.4, 0.5) is 0 Å². The molecule has 0 amide bonds. The molecule has 2 aromatic carbocycles. The molecule has 0 spiro atoms. The number of nitrogens with zero attached hydrogens (tertiary/aromatic N) is 1. The molecule has 2 heterocycles. The summed E-state index contributed by atoms with van der Waals surface area (Å²) in [5.74, 6) is -0.511. The third-order valence-corrected chi connectivity index (χ3v) is 8.18. The number of aliphatic hydroxyl groups excluding tert-OH is 1. The smallest absolute Gasteiger partial charge is 0.459 e. The van der Waals surface area contributed by atoms with Crippen molar-refractivity contribution in [1.29, 1.82) is 0 Å². The first-order valence-electron chi connectivity index (χ1n) is 12.3. The number of hydrogen-bond acceptors (Lipinski definition) is 9. The first kappa shape index (κ1) is 29.7. The van der Waals surface area contributed by atoms with E-state index in [0.29, 0.717) is 0 Å². The van der Waals surface area contributed by atoms with Crippen LogP contribution in [0.5, 0.6) is 5.75 Å². The van der Waals surface area contributed by atoms with Gasteiger partial charge >= 0.3 is 19.4 Å². The molecule has 0 radical (unpaired) electrons. The Morgan fingerprint density at radius 1 is 1.18 bits per heavy atom. The van der Waals surface area contributed by atoms with Crippen LogP contribution < -0.4 is 20.9 Å². The van der Waals surface area contributed by atoms with Crippen LogP contribution in [-0.4, -0.2) is 50.4 Å². The highest BCUT2D eigenvalue weighted by Crippen LogP contribution is 2.48. The highest BCUT2D eigenvalue weighted by Gasteiger charge is 2.54. The summed E-state index contributed by atoms with van der Waals surface area (Å²) < 4.78 is 37.2. The Labute approximate surface area is 234 Å². The Balaban J connectivity index is 1.48. The van der Waals surface area contributed by atoms with Gasteiger partial charge in [0.2, 0.25) is 0 Å². The first-order valence-corrected chi connectivity index (χ1v) is 14.2. The maximum Gasteiger partial charge on any atom is 0.459 e. The summed E-state index contributed by atoms with van der Waals surface area (Å²) in [7, 11) is -4.28. The van der Waals surface area contributed by atoms with Gasteiger partial charge in [-0.15, -0.1) is 11.6 Å². The van der Waals surface area contributed by atoms with Crippen LogP contribution in [0.3, 0.4) is 0 Å². The van der Waals surface area contributed by atoms with Gasteiger partial charge in [0.1, 0.15) is 35.5 Å². The van der Waals surface area contributed by atoms with Crippen LogP contribution in [0, 0.1) is 0 Å². The third kappa shape index (κ3) is 7.08. The summed E-state index contributed by atoms with van der Waals surface area (Å²) in [5, 5.41) is 13.4. The second-order valence-electron chi connectivity index (χ2n) is 9.28. The largest absolute Gasteiger partial charge is 0.460 e. The van der Waals surface area contributed by atoms with Gasteiger partial charge in [-0.1, -0.05) is 48.5 Å². The van der Waals surface area contributed by atoms with Gasteiger partial charge in [0, 0.05) is 12.3 Å². The SMILES string of the molecule is C[C@@H](N[P@](=O)(OC[C@H]1O[C@@H](n2ccc(=O)[nH]c2=O)[C@](C)(Cl)[C@@H]1O)Oc1ccccc1)C(=O)OCc1ccccc1. The maximum atomic E-state index is 13.8. The number of hydrogen-bond donors (Lipinski definition) is 3. The van der Waals surface area contributed by atoms with Gasteiger partial charge in [-0.05, 0) is 31.5 Å². The number of rotatable bonds is 11. The zero-order valence-corrected chi connectivity index (χ0v) is 23.3. The van der Waals surface area contributed by atoms with Gasteiger partial charge in [0.25, 0.3) is 5.56 Å². The number of H-pyrrole nitrogens is 1. The monoisotopic (exact) mass is 593 g/mol. The molecule has 40 heavy (non-hydrogen) atoms. The number of halogens is 1. The topological polar surface area (TPSA) is 158 Å². The number of carbonyl (C=O) groups excluding carboxylic acids is 1. The lowest BCUT2D eigenvalue weighted by Gasteiger charge is -2.26. The number of para-hydroxylation sites is 1. The predicted octanol–water partition coefficient (Wildman–Crippen LogP) is 2.72. The molecule has 0 unspecified atom stereocenters. The second-order valence-corrected chi connectivity index (χ2v) is 11.8. The Bertz CT molecular complexity index is 1470. The molecule has 14 heteroatoms. The molecule has 1 fully saturated rings. The molecule has 0 bridgehead atoms. The van der Waals surface area contributed by atoms with Gasteiger partial charge in [-0.3, -0.25) is 23.7 Å². The normalized spacial score (nSPS) is 24.6. The summed E-state index contributed by atoms with van der Waals surface area (Å²) >= 11 is 6.56. The Kier molecular flexibility index (Phi) is 9.29. The fraction of sp³-hybridized carbons (Fsp3) is 0.346.